The first-order chi connectivity index (χ1) is 7.95. The average molecular weight is 253 g/mol. The van der Waals surface area contributed by atoms with Crippen LogP contribution < -0.4 is 5.32 Å². The Hall–Kier alpha value is -1.73. The first-order valence-corrected chi connectivity index (χ1v) is 5.52. The lowest BCUT2D eigenvalue weighted by Crippen LogP contribution is -2.29. The number of benzene rings is 1. The lowest BCUT2D eigenvalue weighted by atomic mass is 10.0. The maximum Gasteiger partial charge on any atom is 0.308 e. The van der Waals surface area contributed by atoms with Crippen LogP contribution in [0.1, 0.15) is 19.4 Å². The molecule has 5 heteroatoms. The number of carboxylic acid groups (broad SMARTS) is 1. The summed E-state index contributed by atoms with van der Waals surface area (Å²) < 4.78 is 0. The van der Waals surface area contributed by atoms with Crippen molar-refractivity contribution in [2.24, 2.45) is 5.92 Å². The average Bonchev–Trinajstić information content (AvgIpc) is 2.28. The van der Waals surface area contributed by atoms with Crippen molar-refractivity contribution in [3.05, 3.63) is 28.8 Å². The largest absolute Gasteiger partial charge is 0.481 e. The van der Waals surface area contributed by atoms with Crippen molar-refractivity contribution < 1.29 is 9.90 Å². The van der Waals surface area contributed by atoms with Gasteiger partial charge in [-0.1, -0.05) is 11.6 Å². The second-order valence-electron chi connectivity index (χ2n) is 3.87. The SMILES string of the molecule is CC(Nc1ccc(C#N)c(Cl)c1)C(C)C(=O)O. The fourth-order valence-corrected chi connectivity index (χ4v) is 1.52. The monoisotopic (exact) mass is 252 g/mol. The summed E-state index contributed by atoms with van der Waals surface area (Å²) in [7, 11) is 0. The van der Waals surface area contributed by atoms with E-state index >= 15 is 0 Å². The van der Waals surface area contributed by atoms with Crippen molar-refractivity contribution in [3.8, 4) is 6.07 Å². The molecule has 90 valence electrons. The van der Waals surface area contributed by atoms with Crippen LogP contribution in [-0.4, -0.2) is 17.1 Å². The highest BCUT2D eigenvalue weighted by Crippen LogP contribution is 2.21. The maximum absolute atomic E-state index is 10.8. The Labute approximate surface area is 105 Å². The Morgan fingerprint density at radius 3 is 2.65 bits per heavy atom. The van der Waals surface area contributed by atoms with Crippen LogP contribution in [-0.2, 0) is 4.79 Å². The first kappa shape index (κ1) is 13.3. The van der Waals surface area contributed by atoms with E-state index in [1.807, 2.05) is 6.07 Å². The molecular formula is C12H13ClN2O2. The van der Waals surface area contributed by atoms with Gasteiger partial charge < -0.3 is 10.4 Å². The number of rotatable bonds is 4. The van der Waals surface area contributed by atoms with Crippen LogP contribution in [0.4, 0.5) is 5.69 Å². The highest BCUT2D eigenvalue weighted by atomic mass is 35.5. The van der Waals surface area contributed by atoms with E-state index in [0.717, 1.165) is 0 Å². The molecule has 17 heavy (non-hydrogen) atoms. The zero-order valence-corrected chi connectivity index (χ0v) is 10.3. The summed E-state index contributed by atoms with van der Waals surface area (Å²) >= 11 is 5.88. The summed E-state index contributed by atoms with van der Waals surface area (Å²) in [4.78, 5) is 10.8. The van der Waals surface area contributed by atoms with Crippen LogP contribution in [0.5, 0.6) is 0 Å². The number of anilines is 1. The van der Waals surface area contributed by atoms with Crippen LogP contribution in [0.3, 0.4) is 0 Å². The molecule has 0 bridgehead atoms. The zero-order valence-electron chi connectivity index (χ0n) is 9.57. The maximum atomic E-state index is 10.8. The summed E-state index contributed by atoms with van der Waals surface area (Å²) in [5.41, 5.74) is 1.10. The number of hydrogen-bond acceptors (Lipinski definition) is 3. The Balaban J connectivity index is 2.80. The van der Waals surface area contributed by atoms with Crippen LogP contribution in [0.25, 0.3) is 0 Å². The topological polar surface area (TPSA) is 73.1 Å². The summed E-state index contributed by atoms with van der Waals surface area (Å²) in [6.45, 7) is 3.41. The lowest BCUT2D eigenvalue weighted by Gasteiger charge is -2.19. The highest BCUT2D eigenvalue weighted by Gasteiger charge is 2.19. The Morgan fingerprint density at radius 2 is 2.18 bits per heavy atom. The molecule has 2 unspecified atom stereocenters. The predicted molar refractivity (Wildman–Crippen MR) is 66.1 cm³/mol. The number of carbonyl (C=O) groups is 1. The molecule has 1 rings (SSSR count). The Morgan fingerprint density at radius 1 is 1.53 bits per heavy atom. The van der Waals surface area contributed by atoms with Gasteiger partial charge >= 0.3 is 5.97 Å². The molecular weight excluding hydrogens is 240 g/mol. The van der Waals surface area contributed by atoms with E-state index in [1.165, 1.54) is 0 Å². The number of aliphatic carboxylic acids is 1. The molecule has 0 saturated carbocycles. The molecule has 0 amide bonds. The van der Waals surface area contributed by atoms with Crippen molar-refractivity contribution >= 4 is 23.3 Å². The third-order valence-corrected chi connectivity index (χ3v) is 2.94. The van der Waals surface area contributed by atoms with E-state index in [9.17, 15) is 4.79 Å². The van der Waals surface area contributed by atoms with Gasteiger partial charge in [0.2, 0.25) is 0 Å². The second-order valence-corrected chi connectivity index (χ2v) is 4.27. The minimum absolute atomic E-state index is 0.225. The van der Waals surface area contributed by atoms with Crippen LogP contribution in [0.15, 0.2) is 18.2 Å². The summed E-state index contributed by atoms with van der Waals surface area (Å²) in [5, 5.41) is 21.0. The molecule has 2 N–H and O–H groups in total. The van der Waals surface area contributed by atoms with Crippen molar-refractivity contribution in [2.75, 3.05) is 5.32 Å². The lowest BCUT2D eigenvalue weighted by molar-refractivity contribution is -0.141. The van der Waals surface area contributed by atoms with Gasteiger partial charge in [0.1, 0.15) is 6.07 Å². The second kappa shape index (κ2) is 5.55. The molecule has 0 aliphatic rings. The number of carboxylic acids is 1. The van der Waals surface area contributed by atoms with Crippen molar-refractivity contribution in [1.82, 2.24) is 0 Å². The highest BCUT2D eigenvalue weighted by molar-refractivity contribution is 6.32. The number of nitrogens with zero attached hydrogens (tertiary/aromatic N) is 1. The van der Waals surface area contributed by atoms with Crippen LogP contribution in [0.2, 0.25) is 5.02 Å². The smallest absolute Gasteiger partial charge is 0.308 e. The Kier molecular flexibility index (Phi) is 4.36. The van der Waals surface area contributed by atoms with Gasteiger partial charge in [-0.25, -0.2) is 0 Å². The van der Waals surface area contributed by atoms with E-state index in [4.69, 9.17) is 22.0 Å². The molecule has 0 heterocycles. The number of nitriles is 1. The van der Waals surface area contributed by atoms with Gasteiger partial charge in [0.05, 0.1) is 16.5 Å². The van der Waals surface area contributed by atoms with Crippen LogP contribution >= 0.6 is 11.6 Å². The molecule has 0 aliphatic heterocycles. The molecule has 0 aliphatic carbocycles. The zero-order chi connectivity index (χ0) is 13.0. The first-order valence-electron chi connectivity index (χ1n) is 5.14. The number of halogens is 1. The van der Waals surface area contributed by atoms with E-state index in [2.05, 4.69) is 5.32 Å². The normalized spacial score (nSPS) is 13.5. The molecule has 0 saturated heterocycles. The van der Waals surface area contributed by atoms with E-state index in [0.29, 0.717) is 16.3 Å². The van der Waals surface area contributed by atoms with E-state index in [-0.39, 0.29) is 6.04 Å². The van der Waals surface area contributed by atoms with E-state index in [1.54, 1.807) is 32.0 Å². The van der Waals surface area contributed by atoms with Gasteiger partial charge in [-0.05, 0) is 32.0 Å². The van der Waals surface area contributed by atoms with Crippen molar-refractivity contribution in [1.29, 1.82) is 5.26 Å². The minimum atomic E-state index is -0.857. The minimum Gasteiger partial charge on any atom is -0.481 e. The molecule has 2 atom stereocenters. The fourth-order valence-electron chi connectivity index (χ4n) is 1.30. The third kappa shape index (κ3) is 3.36. The van der Waals surface area contributed by atoms with Gasteiger partial charge in [0, 0.05) is 11.7 Å². The third-order valence-electron chi connectivity index (χ3n) is 2.62. The van der Waals surface area contributed by atoms with Gasteiger partial charge in [0.25, 0.3) is 0 Å². The quantitative estimate of drug-likeness (QED) is 0.864. The molecule has 0 spiro atoms. The fraction of sp³-hybridized carbons (Fsp3) is 0.333. The summed E-state index contributed by atoms with van der Waals surface area (Å²) in [6.07, 6.45) is 0. The number of nitrogens with one attached hydrogen (secondary N) is 1. The molecule has 1 aromatic carbocycles. The molecule has 0 fully saturated rings. The summed E-state index contributed by atoms with van der Waals surface area (Å²) in [6, 6.07) is 6.66. The predicted octanol–water partition coefficient (Wildman–Crippen LogP) is 2.73. The van der Waals surface area contributed by atoms with Crippen molar-refractivity contribution in [2.45, 2.75) is 19.9 Å². The number of hydrogen-bond donors (Lipinski definition) is 2. The molecule has 0 radical (unpaired) electrons. The van der Waals surface area contributed by atoms with Gasteiger partial charge in [-0.3, -0.25) is 4.79 Å². The van der Waals surface area contributed by atoms with E-state index < -0.39 is 11.9 Å². The Bertz CT molecular complexity index is 468. The molecule has 4 nitrogen and oxygen atoms in total. The van der Waals surface area contributed by atoms with Gasteiger partial charge in [0.15, 0.2) is 0 Å². The van der Waals surface area contributed by atoms with Crippen LogP contribution in [0, 0.1) is 17.2 Å². The van der Waals surface area contributed by atoms with Crippen molar-refractivity contribution in [3.63, 3.8) is 0 Å². The van der Waals surface area contributed by atoms with Gasteiger partial charge in [-0.15, -0.1) is 0 Å². The van der Waals surface area contributed by atoms with Gasteiger partial charge in [-0.2, -0.15) is 5.26 Å². The standard InChI is InChI=1S/C12H13ClN2O2/c1-7(12(16)17)8(2)15-10-4-3-9(6-14)11(13)5-10/h3-5,7-8,15H,1-2H3,(H,16,17). The molecule has 0 aromatic heterocycles. The molecule has 1 aromatic rings. The summed E-state index contributed by atoms with van der Waals surface area (Å²) in [5.74, 6) is -1.37.